The Morgan fingerprint density at radius 2 is 1.64 bits per heavy atom. The molecule has 0 aliphatic carbocycles. The van der Waals surface area contributed by atoms with Crippen LogP contribution in [0.3, 0.4) is 0 Å². The van der Waals surface area contributed by atoms with Gasteiger partial charge in [-0.3, -0.25) is 4.79 Å². The number of carbonyl (C=O) groups is 2. The highest BCUT2D eigenvalue weighted by Crippen LogP contribution is 2.29. The Morgan fingerprint density at radius 3 is 2.30 bits per heavy atom. The van der Waals surface area contributed by atoms with Crippen molar-refractivity contribution in [2.45, 2.75) is 39.2 Å². The first-order valence-electron chi connectivity index (χ1n) is 10.9. The van der Waals surface area contributed by atoms with Gasteiger partial charge in [-0.25, -0.2) is 9.59 Å². The van der Waals surface area contributed by atoms with E-state index in [2.05, 4.69) is 0 Å². The number of rotatable bonds is 3. The molecule has 0 saturated carbocycles. The number of amides is 1. The van der Waals surface area contributed by atoms with Gasteiger partial charge in [0, 0.05) is 29.9 Å². The van der Waals surface area contributed by atoms with Crippen LogP contribution in [0, 0.1) is 5.92 Å². The van der Waals surface area contributed by atoms with Crippen molar-refractivity contribution in [1.82, 2.24) is 4.90 Å². The number of fused-ring (bicyclic) bond motifs is 3. The lowest BCUT2D eigenvalue weighted by Crippen LogP contribution is -2.43. The van der Waals surface area contributed by atoms with Crippen LogP contribution in [0.2, 0.25) is 0 Å². The molecule has 1 amide bonds. The largest absolute Gasteiger partial charge is 0.497 e. The summed E-state index contributed by atoms with van der Waals surface area (Å²) in [6.07, 6.45) is 0.615. The van der Waals surface area contributed by atoms with Crippen LogP contribution in [0.1, 0.15) is 33.6 Å². The molecule has 0 atom stereocenters. The molecule has 1 aliphatic rings. The number of esters is 1. The summed E-state index contributed by atoms with van der Waals surface area (Å²) in [7, 11) is 1.53. The molecule has 0 radical (unpaired) electrons. The van der Waals surface area contributed by atoms with E-state index in [1.54, 1.807) is 41.3 Å². The second kappa shape index (κ2) is 8.77. The zero-order valence-corrected chi connectivity index (χ0v) is 19.2. The van der Waals surface area contributed by atoms with Gasteiger partial charge in [-0.05, 0) is 63.9 Å². The molecule has 8 heteroatoms. The molecule has 33 heavy (non-hydrogen) atoms. The van der Waals surface area contributed by atoms with Crippen molar-refractivity contribution in [3.8, 4) is 11.5 Å². The van der Waals surface area contributed by atoms with E-state index in [0.717, 1.165) is 10.8 Å². The van der Waals surface area contributed by atoms with Gasteiger partial charge >= 0.3 is 17.7 Å². The molecular weight excluding hydrogens is 426 g/mol. The molecule has 0 N–H and O–H groups in total. The maximum atomic E-state index is 12.7. The van der Waals surface area contributed by atoms with Crippen LogP contribution in [0.25, 0.3) is 21.7 Å². The normalized spacial score (nSPS) is 15.0. The second-order valence-electron chi connectivity index (χ2n) is 9.12. The van der Waals surface area contributed by atoms with Crippen molar-refractivity contribution in [1.29, 1.82) is 0 Å². The summed E-state index contributed by atoms with van der Waals surface area (Å²) in [5.74, 6) is 0.178. The first kappa shape index (κ1) is 22.6. The molecule has 2 heterocycles. The van der Waals surface area contributed by atoms with Crippen LogP contribution in [-0.4, -0.2) is 42.8 Å². The zero-order chi connectivity index (χ0) is 23.8. The van der Waals surface area contributed by atoms with E-state index in [-0.39, 0.29) is 18.0 Å². The van der Waals surface area contributed by atoms with Gasteiger partial charge in [0.2, 0.25) is 0 Å². The lowest BCUT2D eigenvalue weighted by Gasteiger charge is -2.32. The second-order valence-corrected chi connectivity index (χ2v) is 9.12. The molecule has 1 aliphatic heterocycles. The highest BCUT2D eigenvalue weighted by Gasteiger charge is 2.31. The van der Waals surface area contributed by atoms with Crippen molar-refractivity contribution < 1.29 is 28.2 Å². The molecule has 3 aromatic rings. The van der Waals surface area contributed by atoms with Gasteiger partial charge in [0.25, 0.3) is 0 Å². The van der Waals surface area contributed by atoms with Crippen LogP contribution >= 0.6 is 0 Å². The number of benzene rings is 2. The lowest BCUT2D eigenvalue weighted by atomic mass is 9.97. The van der Waals surface area contributed by atoms with Gasteiger partial charge in [-0.15, -0.1) is 0 Å². The van der Waals surface area contributed by atoms with Crippen LogP contribution < -0.4 is 15.1 Å². The third kappa shape index (κ3) is 4.94. The highest BCUT2D eigenvalue weighted by molar-refractivity contribution is 6.05. The molecule has 0 bridgehead atoms. The van der Waals surface area contributed by atoms with Crippen molar-refractivity contribution in [3.05, 3.63) is 46.8 Å². The fourth-order valence-corrected chi connectivity index (χ4v) is 3.91. The Balaban J connectivity index is 1.46. The lowest BCUT2D eigenvalue weighted by molar-refractivity contribution is -0.140. The summed E-state index contributed by atoms with van der Waals surface area (Å²) >= 11 is 0. The molecule has 1 saturated heterocycles. The summed E-state index contributed by atoms with van der Waals surface area (Å²) in [6, 6.07) is 10.2. The predicted octanol–water partition coefficient (Wildman–Crippen LogP) is 4.51. The van der Waals surface area contributed by atoms with Crippen LogP contribution in [0.4, 0.5) is 4.79 Å². The minimum atomic E-state index is -0.560. The number of piperidine rings is 1. The van der Waals surface area contributed by atoms with E-state index in [0.29, 0.717) is 48.4 Å². The van der Waals surface area contributed by atoms with E-state index >= 15 is 0 Å². The van der Waals surface area contributed by atoms with E-state index in [4.69, 9.17) is 18.6 Å². The molecule has 0 spiro atoms. The standard InChI is InChI=1S/C25H27NO7/c1-25(2,3)33-24(29)26-11-9-15(10-12-26)22(27)31-17-6-8-19-18-7-5-16(30-4)13-20(18)23(28)32-21(19)14-17/h5-8,13-15H,9-12H2,1-4H3. The smallest absolute Gasteiger partial charge is 0.410 e. The third-order valence-electron chi connectivity index (χ3n) is 5.59. The summed E-state index contributed by atoms with van der Waals surface area (Å²) < 4.78 is 21.6. The number of likely N-dealkylation sites (tertiary alicyclic amines) is 1. The maximum Gasteiger partial charge on any atom is 0.410 e. The minimum Gasteiger partial charge on any atom is -0.497 e. The van der Waals surface area contributed by atoms with E-state index < -0.39 is 11.2 Å². The van der Waals surface area contributed by atoms with Crippen LogP contribution in [0.5, 0.6) is 11.5 Å². The molecule has 2 aromatic carbocycles. The predicted molar refractivity (Wildman–Crippen MR) is 123 cm³/mol. The first-order chi connectivity index (χ1) is 15.6. The summed E-state index contributed by atoms with van der Waals surface area (Å²) in [5, 5.41) is 1.88. The number of hydrogen-bond donors (Lipinski definition) is 0. The summed E-state index contributed by atoms with van der Waals surface area (Å²) in [5.41, 5.74) is -0.716. The zero-order valence-electron chi connectivity index (χ0n) is 19.2. The first-order valence-corrected chi connectivity index (χ1v) is 10.9. The average molecular weight is 453 g/mol. The van der Waals surface area contributed by atoms with Gasteiger partial charge in [0.05, 0.1) is 18.4 Å². The van der Waals surface area contributed by atoms with Crippen molar-refractivity contribution >= 4 is 33.8 Å². The van der Waals surface area contributed by atoms with Crippen LogP contribution in [0.15, 0.2) is 45.6 Å². The van der Waals surface area contributed by atoms with E-state index in [1.807, 2.05) is 20.8 Å². The Morgan fingerprint density at radius 1 is 0.970 bits per heavy atom. The number of methoxy groups -OCH3 is 1. The quantitative estimate of drug-likeness (QED) is 0.249. The van der Waals surface area contributed by atoms with Gasteiger partial charge in [0.15, 0.2) is 0 Å². The molecule has 1 fully saturated rings. The van der Waals surface area contributed by atoms with Crippen molar-refractivity contribution in [2.24, 2.45) is 5.92 Å². The van der Waals surface area contributed by atoms with E-state index in [9.17, 15) is 14.4 Å². The third-order valence-corrected chi connectivity index (χ3v) is 5.59. The van der Waals surface area contributed by atoms with Crippen molar-refractivity contribution in [3.63, 3.8) is 0 Å². The summed E-state index contributed by atoms with van der Waals surface area (Å²) in [4.78, 5) is 39.0. The summed E-state index contributed by atoms with van der Waals surface area (Å²) in [6.45, 7) is 6.31. The van der Waals surface area contributed by atoms with Gasteiger partial charge in [-0.2, -0.15) is 0 Å². The minimum absolute atomic E-state index is 0.304. The number of carbonyl (C=O) groups excluding carboxylic acids is 2. The maximum absolute atomic E-state index is 12.7. The van der Waals surface area contributed by atoms with E-state index in [1.165, 1.54) is 7.11 Å². The highest BCUT2D eigenvalue weighted by atomic mass is 16.6. The van der Waals surface area contributed by atoms with Gasteiger partial charge < -0.3 is 23.5 Å². The van der Waals surface area contributed by atoms with Crippen molar-refractivity contribution in [2.75, 3.05) is 20.2 Å². The topological polar surface area (TPSA) is 95.3 Å². The molecule has 0 unspecified atom stereocenters. The number of nitrogens with zero attached hydrogens (tertiary/aromatic N) is 1. The Hall–Kier alpha value is -3.55. The fraction of sp³-hybridized carbons (Fsp3) is 0.400. The van der Waals surface area contributed by atoms with Gasteiger partial charge in [0.1, 0.15) is 22.7 Å². The fourth-order valence-electron chi connectivity index (χ4n) is 3.91. The average Bonchev–Trinajstić information content (AvgIpc) is 2.77. The molecule has 4 rings (SSSR count). The molecule has 1 aromatic heterocycles. The molecule has 174 valence electrons. The Bertz CT molecular complexity index is 1260. The number of ether oxygens (including phenoxy) is 3. The van der Waals surface area contributed by atoms with Crippen LogP contribution in [-0.2, 0) is 9.53 Å². The molecule has 8 nitrogen and oxygen atoms in total. The van der Waals surface area contributed by atoms with Gasteiger partial charge in [-0.1, -0.05) is 0 Å². The Labute approximate surface area is 191 Å². The molecular formula is C25H27NO7. The Kier molecular flexibility index (Phi) is 6.01. The monoisotopic (exact) mass is 453 g/mol. The number of hydrogen-bond acceptors (Lipinski definition) is 7. The SMILES string of the molecule is COc1ccc2c(c1)c(=O)oc1cc(OC(=O)C3CCN(C(=O)OC(C)(C)C)CC3)ccc12.